The molecule has 1 aromatic carbocycles. The number of nitrogens with zero attached hydrogens (tertiary/aromatic N) is 5. The predicted octanol–water partition coefficient (Wildman–Crippen LogP) is 3.31. The minimum absolute atomic E-state index is 0. The maximum Gasteiger partial charge on any atom is 0.278 e. The van der Waals surface area contributed by atoms with Crippen molar-refractivity contribution in [2.75, 3.05) is 32.1 Å². The fourth-order valence-corrected chi connectivity index (χ4v) is 3.61. The Kier molecular flexibility index (Phi) is 6.40. The zero-order chi connectivity index (χ0) is 17.3. The zero-order valence-electron chi connectivity index (χ0n) is 14.1. The van der Waals surface area contributed by atoms with Crippen molar-refractivity contribution in [1.29, 1.82) is 0 Å². The summed E-state index contributed by atoms with van der Waals surface area (Å²) in [4.78, 5) is 21.3. The standard InChI is InChI=1S/C16H18ClN5OS.ClH/c1-20(2)9-10-22(15(23)12-7-8-18-21(12)3)16-19-14-11(17)5-4-6-13(14)24-16;/h4-8H,9-10H2,1-3H3;1H. The molecule has 0 fully saturated rings. The Hall–Kier alpha value is -1.67. The van der Waals surface area contributed by atoms with Crippen molar-refractivity contribution in [3.05, 3.63) is 41.2 Å². The third-order valence-electron chi connectivity index (χ3n) is 3.65. The molecule has 1 amide bonds. The molecule has 9 heteroatoms. The van der Waals surface area contributed by atoms with Crippen LogP contribution in [0.3, 0.4) is 0 Å². The summed E-state index contributed by atoms with van der Waals surface area (Å²) in [6.45, 7) is 1.27. The Labute approximate surface area is 161 Å². The highest BCUT2D eigenvalue weighted by Gasteiger charge is 2.23. The van der Waals surface area contributed by atoms with E-state index < -0.39 is 0 Å². The first-order valence-corrected chi connectivity index (χ1v) is 8.66. The summed E-state index contributed by atoms with van der Waals surface area (Å²) in [5.74, 6) is -0.118. The molecule has 0 aliphatic heterocycles. The fourth-order valence-electron chi connectivity index (χ4n) is 2.32. The second kappa shape index (κ2) is 8.14. The van der Waals surface area contributed by atoms with Crippen LogP contribution in [-0.4, -0.2) is 52.8 Å². The highest BCUT2D eigenvalue weighted by molar-refractivity contribution is 7.22. The average molecular weight is 400 g/mol. The van der Waals surface area contributed by atoms with Crippen LogP contribution in [0, 0.1) is 0 Å². The molecule has 134 valence electrons. The molecule has 0 bridgehead atoms. The highest BCUT2D eigenvalue weighted by Crippen LogP contribution is 2.33. The van der Waals surface area contributed by atoms with Gasteiger partial charge in [0.1, 0.15) is 11.2 Å². The molecule has 0 atom stereocenters. The van der Waals surface area contributed by atoms with Crippen molar-refractivity contribution in [2.45, 2.75) is 0 Å². The number of anilines is 1. The summed E-state index contributed by atoms with van der Waals surface area (Å²) in [7, 11) is 5.70. The van der Waals surface area contributed by atoms with Crippen molar-refractivity contribution in [3.8, 4) is 0 Å². The number of aromatic nitrogens is 3. The van der Waals surface area contributed by atoms with Crippen molar-refractivity contribution in [2.24, 2.45) is 7.05 Å². The van der Waals surface area contributed by atoms with E-state index in [0.29, 0.717) is 22.4 Å². The predicted molar refractivity (Wildman–Crippen MR) is 105 cm³/mol. The zero-order valence-corrected chi connectivity index (χ0v) is 16.5. The number of thiazole rings is 1. The Morgan fingerprint density at radius 3 is 2.64 bits per heavy atom. The third kappa shape index (κ3) is 4.12. The summed E-state index contributed by atoms with van der Waals surface area (Å²) in [6.07, 6.45) is 1.62. The maximum absolute atomic E-state index is 13.0. The van der Waals surface area contributed by atoms with Crippen LogP contribution in [-0.2, 0) is 7.05 Å². The summed E-state index contributed by atoms with van der Waals surface area (Å²) in [6, 6.07) is 7.37. The SMILES string of the molecule is CN(C)CCN(C(=O)c1ccnn1C)c1nc2c(Cl)cccc2s1.Cl. The van der Waals surface area contributed by atoms with Gasteiger partial charge in [0, 0.05) is 26.3 Å². The van der Waals surface area contributed by atoms with Gasteiger partial charge in [0.05, 0.1) is 9.72 Å². The number of halogens is 2. The third-order valence-corrected chi connectivity index (χ3v) is 4.99. The van der Waals surface area contributed by atoms with E-state index in [1.54, 1.807) is 35.0 Å². The lowest BCUT2D eigenvalue weighted by atomic mass is 10.3. The molecule has 3 aromatic rings. The molecule has 2 heterocycles. The van der Waals surface area contributed by atoms with Gasteiger partial charge in [-0.1, -0.05) is 29.0 Å². The number of amides is 1. The highest BCUT2D eigenvalue weighted by atomic mass is 35.5. The number of hydrogen-bond acceptors (Lipinski definition) is 5. The lowest BCUT2D eigenvalue weighted by Gasteiger charge is -2.21. The van der Waals surface area contributed by atoms with Crippen LogP contribution in [0.1, 0.15) is 10.5 Å². The van der Waals surface area contributed by atoms with Gasteiger partial charge in [0.15, 0.2) is 5.13 Å². The van der Waals surface area contributed by atoms with E-state index in [4.69, 9.17) is 11.6 Å². The maximum atomic E-state index is 13.0. The topological polar surface area (TPSA) is 54.3 Å². The van der Waals surface area contributed by atoms with Crippen LogP contribution in [0.25, 0.3) is 10.2 Å². The molecule has 3 rings (SSSR count). The quantitative estimate of drug-likeness (QED) is 0.660. The second-order valence-corrected chi connectivity index (χ2v) is 7.10. The average Bonchev–Trinajstić information content (AvgIpc) is 3.14. The summed E-state index contributed by atoms with van der Waals surface area (Å²) in [5.41, 5.74) is 1.26. The van der Waals surface area contributed by atoms with Crippen molar-refractivity contribution >= 4 is 56.6 Å². The Bertz CT molecular complexity index is 876. The molecule has 25 heavy (non-hydrogen) atoms. The van der Waals surface area contributed by atoms with Gasteiger partial charge in [0.2, 0.25) is 0 Å². The molecule has 0 saturated heterocycles. The first kappa shape index (κ1) is 19.7. The van der Waals surface area contributed by atoms with Gasteiger partial charge in [0.25, 0.3) is 5.91 Å². The van der Waals surface area contributed by atoms with Gasteiger partial charge in [-0.15, -0.1) is 12.4 Å². The largest absolute Gasteiger partial charge is 0.308 e. The van der Waals surface area contributed by atoms with E-state index in [9.17, 15) is 4.79 Å². The molecule has 6 nitrogen and oxygen atoms in total. The number of carbonyl (C=O) groups is 1. The molecular formula is C16H19Cl2N5OS. The lowest BCUT2D eigenvalue weighted by Crippen LogP contribution is -2.37. The first-order valence-electron chi connectivity index (χ1n) is 7.47. The number of carbonyl (C=O) groups excluding carboxylic acids is 1. The monoisotopic (exact) mass is 399 g/mol. The van der Waals surface area contributed by atoms with Crippen molar-refractivity contribution in [3.63, 3.8) is 0 Å². The molecule has 2 aromatic heterocycles. The number of aryl methyl sites for hydroxylation is 1. The molecule has 0 aliphatic rings. The smallest absolute Gasteiger partial charge is 0.278 e. The number of para-hydroxylation sites is 1. The second-order valence-electron chi connectivity index (χ2n) is 5.68. The van der Waals surface area contributed by atoms with E-state index in [2.05, 4.69) is 10.1 Å². The fraction of sp³-hybridized carbons (Fsp3) is 0.312. The number of hydrogen-bond donors (Lipinski definition) is 0. The summed E-state index contributed by atoms with van der Waals surface area (Å²) >= 11 is 7.69. The summed E-state index contributed by atoms with van der Waals surface area (Å²) in [5, 5.41) is 5.32. The van der Waals surface area contributed by atoms with Gasteiger partial charge < -0.3 is 4.90 Å². The minimum Gasteiger partial charge on any atom is -0.308 e. The van der Waals surface area contributed by atoms with E-state index >= 15 is 0 Å². The molecule has 0 unspecified atom stereocenters. The number of benzene rings is 1. The van der Waals surface area contributed by atoms with Crippen LogP contribution in [0.5, 0.6) is 0 Å². The van der Waals surface area contributed by atoms with Crippen molar-refractivity contribution < 1.29 is 4.79 Å². The minimum atomic E-state index is -0.118. The number of likely N-dealkylation sites (N-methyl/N-ethyl adjacent to an activating group) is 1. The Morgan fingerprint density at radius 2 is 2.04 bits per heavy atom. The van der Waals surface area contributed by atoms with E-state index in [0.717, 1.165) is 16.8 Å². The van der Waals surface area contributed by atoms with Gasteiger partial charge >= 0.3 is 0 Å². The van der Waals surface area contributed by atoms with Gasteiger partial charge in [-0.05, 0) is 32.3 Å². The van der Waals surface area contributed by atoms with Gasteiger partial charge in [-0.25, -0.2) is 4.98 Å². The Balaban J connectivity index is 0.00000225. The first-order chi connectivity index (χ1) is 11.5. The molecular weight excluding hydrogens is 381 g/mol. The van der Waals surface area contributed by atoms with Crippen molar-refractivity contribution in [1.82, 2.24) is 19.7 Å². The van der Waals surface area contributed by atoms with Crippen LogP contribution in [0.15, 0.2) is 30.5 Å². The molecule has 0 aliphatic carbocycles. The van der Waals surface area contributed by atoms with E-state index in [1.807, 2.05) is 31.1 Å². The van der Waals surface area contributed by atoms with Crippen LogP contribution in [0.4, 0.5) is 5.13 Å². The van der Waals surface area contributed by atoms with Crippen LogP contribution < -0.4 is 4.90 Å². The lowest BCUT2D eigenvalue weighted by molar-refractivity contribution is 0.0976. The van der Waals surface area contributed by atoms with Crippen LogP contribution in [0.2, 0.25) is 5.02 Å². The normalized spacial score (nSPS) is 10.9. The van der Waals surface area contributed by atoms with E-state index in [1.165, 1.54) is 11.3 Å². The number of fused-ring (bicyclic) bond motifs is 1. The number of rotatable bonds is 5. The molecule has 0 spiro atoms. The Morgan fingerprint density at radius 1 is 1.28 bits per heavy atom. The summed E-state index contributed by atoms with van der Waals surface area (Å²) < 4.78 is 2.54. The van der Waals surface area contributed by atoms with Gasteiger partial charge in [-0.2, -0.15) is 5.10 Å². The molecule has 0 saturated carbocycles. The van der Waals surface area contributed by atoms with Crippen LogP contribution >= 0.6 is 35.3 Å². The molecule has 0 radical (unpaired) electrons. The van der Waals surface area contributed by atoms with E-state index in [-0.39, 0.29) is 18.3 Å². The van der Waals surface area contributed by atoms with Gasteiger partial charge in [-0.3, -0.25) is 14.4 Å². The molecule has 0 N–H and O–H groups in total.